The Bertz CT molecular complexity index is 617. The molecule has 1 aromatic carbocycles. The molecule has 1 fully saturated rings. The van der Waals surface area contributed by atoms with Crippen LogP contribution in [-0.4, -0.2) is 5.11 Å². The van der Waals surface area contributed by atoms with Crippen LogP contribution in [0, 0.1) is 18.7 Å². The molecule has 1 aliphatic carbocycles. The lowest BCUT2D eigenvalue weighted by Gasteiger charge is -2.10. The van der Waals surface area contributed by atoms with E-state index in [1.165, 1.54) is 12.1 Å². The second-order valence-corrected chi connectivity index (χ2v) is 5.85. The minimum absolute atomic E-state index is 0.273. The first-order valence-electron chi connectivity index (χ1n) is 7.07. The van der Waals surface area contributed by atoms with Crippen LogP contribution in [0.5, 0.6) is 0 Å². The Morgan fingerprint density at radius 1 is 1.35 bits per heavy atom. The van der Waals surface area contributed by atoms with Crippen molar-refractivity contribution in [2.45, 2.75) is 38.7 Å². The van der Waals surface area contributed by atoms with Gasteiger partial charge in [-0.1, -0.05) is 13.0 Å². The average Bonchev–Trinajstić information content (AvgIpc) is 2.95. The zero-order valence-corrected chi connectivity index (χ0v) is 11.8. The molecule has 3 atom stereocenters. The van der Waals surface area contributed by atoms with Gasteiger partial charge < -0.3 is 9.52 Å². The summed E-state index contributed by atoms with van der Waals surface area (Å²) < 4.78 is 19.0. The maximum absolute atomic E-state index is 13.3. The van der Waals surface area contributed by atoms with Crippen LogP contribution >= 0.6 is 0 Å². The molecule has 1 heterocycles. The number of aliphatic hydroxyl groups is 1. The van der Waals surface area contributed by atoms with Crippen molar-refractivity contribution in [3.05, 3.63) is 58.8 Å². The summed E-state index contributed by atoms with van der Waals surface area (Å²) in [4.78, 5) is 0. The minimum Gasteiger partial charge on any atom is -0.463 e. The molecule has 3 rings (SSSR count). The molecule has 1 aromatic heterocycles. The third-order valence-corrected chi connectivity index (χ3v) is 4.18. The lowest BCUT2D eigenvalue weighted by atomic mass is 10.0. The van der Waals surface area contributed by atoms with Crippen LogP contribution in [0.2, 0.25) is 0 Å². The van der Waals surface area contributed by atoms with Gasteiger partial charge in [0.2, 0.25) is 0 Å². The fourth-order valence-corrected chi connectivity index (χ4v) is 2.63. The van der Waals surface area contributed by atoms with Crippen molar-refractivity contribution in [1.82, 2.24) is 0 Å². The summed E-state index contributed by atoms with van der Waals surface area (Å²) in [5.41, 5.74) is 1.79. The Morgan fingerprint density at radius 3 is 2.80 bits per heavy atom. The molecule has 1 aliphatic rings. The number of aliphatic hydroxyl groups excluding tert-OH is 1. The van der Waals surface area contributed by atoms with Crippen molar-refractivity contribution in [3.63, 3.8) is 0 Å². The van der Waals surface area contributed by atoms with Crippen LogP contribution in [0.25, 0.3) is 0 Å². The van der Waals surface area contributed by atoms with E-state index in [9.17, 15) is 9.50 Å². The van der Waals surface area contributed by atoms with Crippen LogP contribution in [0.1, 0.15) is 48.0 Å². The number of furan rings is 1. The van der Waals surface area contributed by atoms with Crippen LogP contribution in [-0.2, 0) is 6.42 Å². The highest BCUT2D eigenvalue weighted by Gasteiger charge is 2.36. The Balaban J connectivity index is 1.74. The molecule has 2 nitrogen and oxygen atoms in total. The summed E-state index contributed by atoms with van der Waals surface area (Å²) in [6.45, 7) is 4.11. The highest BCUT2D eigenvalue weighted by molar-refractivity contribution is 5.28. The van der Waals surface area contributed by atoms with Crippen LogP contribution in [0.15, 0.2) is 34.7 Å². The molecule has 3 heteroatoms. The van der Waals surface area contributed by atoms with Crippen molar-refractivity contribution in [1.29, 1.82) is 0 Å². The molecule has 20 heavy (non-hydrogen) atoms. The smallest absolute Gasteiger partial charge is 0.133 e. The summed E-state index contributed by atoms with van der Waals surface area (Å²) in [6, 6.07) is 8.43. The Hall–Kier alpha value is -1.61. The van der Waals surface area contributed by atoms with E-state index in [0.29, 0.717) is 24.0 Å². The summed E-state index contributed by atoms with van der Waals surface area (Å²) in [5, 5.41) is 10.3. The van der Waals surface area contributed by atoms with E-state index < -0.39 is 6.10 Å². The van der Waals surface area contributed by atoms with Gasteiger partial charge in [-0.15, -0.1) is 0 Å². The van der Waals surface area contributed by atoms with E-state index >= 15 is 0 Å². The van der Waals surface area contributed by atoms with Crippen molar-refractivity contribution in [3.8, 4) is 0 Å². The first-order chi connectivity index (χ1) is 9.54. The van der Waals surface area contributed by atoms with Gasteiger partial charge >= 0.3 is 0 Å². The number of rotatable bonds is 4. The first-order valence-corrected chi connectivity index (χ1v) is 7.07. The van der Waals surface area contributed by atoms with Crippen molar-refractivity contribution in [2.24, 2.45) is 5.92 Å². The minimum atomic E-state index is -0.724. The third kappa shape index (κ3) is 2.63. The summed E-state index contributed by atoms with van der Waals surface area (Å²) in [5.74, 6) is 2.44. The molecule has 106 valence electrons. The second kappa shape index (κ2) is 5.06. The number of hydrogen-bond acceptors (Lipinski definition) is 2. The maximum atomic E-state index is 13.3. The molecule has 0 aliphatic heterocycles. The Labute approximate surface area is 118 Å². The lowest BCUT2D eigenvalue weighted by Crippen LogP contribution is -2.02. The largest absolute Gasteiger partial charge is 0.463 e. The highest BCUT2D eigenvalue weighted by Crippen LogP contribution is 2.47. The highest BCUT2D eigenvalue weighted by atomic mass is 19.1. The van der Waals surface area contributed by atoms with Gasteiger partial charge in [-0.2, -0.15) is 0 Å². The molecule has 1 saturated carbocycles. The van der Waals surface area contributed by atoms with Crippen molar-refractivity contribution < 1.29 is 13.9 Å². The maximum Gasteiger partial charge on any atom is 0.133 e. The zero-order chi connectivity index (χ0) is 14.3. The normalized spacial score (nSPS) is 22.8. The molecular weight excluding hydrogens is 255 g/mol. The molecular formula is C17H19FO2. The molecule has 0 radical (unpaired) electrons. The van der Waals surface area contributed by atoms with Crippen molar-refractivity contribution in [2.75, 3.05) is 0 Å². The van der Waals surface area contributed by atoms with E-state index in [1.54, 1.807) is 6.07 Å². The van der Waals surface area contributed by atoms with Gasteiger partial charge in [-0.25, -0.2) is 4.39 Å². The van der Waals surface area contributed by atoms with E-state index in [0.717, 1.165) is 23.3 Å². The Morgan fingerprint density at radius 2 is 2.10 bits per heavy atom. The predicted octanol–water partition coefficient (Wildman–Crippen LogP) is 4.13. The van der Waals surface area contributed by atoms with E-state index in [2.05, 4.69) is 6.92 Å². The van der Waals surface area contributed by atoms with Crippen LogP contribution in [0.3, 0.4) is 0 Å². The standard InChI is InChI=1S/C17H19FO2/c1-10-3-4-13(18)8-12(10)9-15(19)17-6-5-16(20-17)14-7-11(14)2/h3-6,8,11,14-15,19H,7,9H2,1-2H3. The molecule has 0 spiro atoms. The second-order valence-electron chi connectivity index (χ2n) is 5.85. The quantitative estimate of drug-likeness (QED) is 0.909. The van der Waals surface area contributed by atoms with Crippen LogP contribution < -0.4 is 0 Å². The number of aryl methyl sites for hydroxylation is 1. The molecule has 0 saturated heterocycles. The summed E-state index contributed by atoms with van der Waals surface area (Å²) in [6.07, 6.45) is 0.807. The molecule has 1 N–H and O–H groups in total. The van der Waals surface area contributed by atoms with E-state index in [4.69, 9.17) is 4.42 Å². The fraction of sp³-hybridized carbons (Fsp3) is 0.412. The number of benzene rings is 1. The summed E-state index contributed by atoms with van der Waals surface area (Å²) in [7, 11) is 0. The average molecular weight is 274 g/mol. The fourth-order valence-electron chi connectivity index (χ4n) is 2.63. The Kier molecular flexibility index (Phi) is 3.38. The molecule has 2 aromatic rings. The van der Waals surface area contributed by atoms with Gasteiger partial charge in [-0.05, 0) is 54.7 Å². The van der Waals surface area contributed by atoms with E-state index in [1.807, 2.05) is 19.1 Å². The van der Waals surface area contributed by atoms with Gasteiger partial charge in [-0.3, -0.25) is 0 Å². The van der Waals surface area contributed by atoms with Gasteiger partial charge in [0.25, 0.3) is 0 Å². The van der Waals surface area contributed by atoms with Gasteiger partial charge in [0.05, 0.1) is 0 Å². The predicted molar refractivity (Wildman–Crippen MR) is 75.0 cm³/mol. The number of halogens is 1. The van der Waals surface area contributed by atoms with Gasteiger partial charge in [0.1, 0.15) is 23.4 Å². The molecule has 0 bridgehead atoms. The topological polar surface area (TPSA) is 33.4 Å². The van der Waals surface area contributed by atoms with Crippen molar-refractivity contribution >= 4 is 0 Å². The number of hydrogen-bond donors (Lipinski definition) is 1. The summed E-state index contributed by atoms with van der Waals surface area (Å²) >= 11 is 0. The molecule has 0 amide bonds. The third-order valence-electron chi connectivity index (χ3n) is 4.18. The lowest BCUT2D eigenvalue weighted by molar-refractivity contribution is 0.148. The zero-order valence-electron chi connectivity index (χ0n) is 11.8. The first kappa shape index (κ1) is 13.4. The van der Waals surface area contributed by atoms with E-state index in [-0.39, 0.29) is 5.82 Å². The SMILES string of the molecule is Cc1ccc(F)cc1CC(O)c1ccc(C2CC2C)o1. The monoisotopic (exact) mass is 274 g/mol. The van der Waals surface area contributed by atoms with Gasteiger partial charge in [0, 0.05) is 12.3 Å². The molecule has 3 unspecified atom stereocenters. The van der Waals surface area contributed by atoms with Gasteiger partial charge in [0.15, 0.2) is 0 Å². The van der Waals surface area contributed by atoms with Crippen LogP contribution in [0.4, 0.5) is 4.39 Å².